The summed E-state index contributed by atoms with van der Waals surface area (Å²) in [7, 11) is 0. The average molecular weight is 370 g/mol. The molecular formula is C18H18N4O5. The lowest BCUT2D eigenvalue weighted by Gasteiger charge is -2.28. The number of hydrogen-bond donors (Lipinski definition) is 2. The number of nitrogens with one attached hydrogen (secondary N) is 1. The van der Waals surface area contributed by atoms with Crippen LogP contribution in [0.3, 0.4) is 0 Å². The third-order valence-electron chi connectivity index (χ3n) is 4.04. The van der Waals surface area contributed by atoms with Gasteiger partial charge in [0.2, 0.25) is 0 Å². The van der Waals surface area contributed by atoms with Crippen molar-refractivity contribution in [3.05, 3.63) is 63.7 Å². The Hall–Kier alpha value is -3.46. The number of ether oxygens (including phenoxy) is 1. The zero-order valence-corrected chi connectivity index (χ0v) is 14.4. The molecule has 27 heavy (non-hydrogen) atoms. The van der Waals surface area contributed by atoms with Gasteiger partial charge in [-0.15, -0.1) is 0 Å². The van der Waals surface area contributed by atoms with Crippen LogP contribution in [0.25, 0.3) is 0 Å². The number of amides is 1. The van der Waals surface area contributed by atoms with Crippen molar-refractivity contribution in [3.8, 4) is 5.75 Å². The van der Waals surface area contributed by atoms with E-state index in [0.29, 0.717) is 37.6 Å². The zero-order valence-electron chi connectivity index (χ0n) is 14.4. The van der Waals surface area contributed by atoms with Gasteiger partial charge < -0.3 is 14.7 Å². The van der Waals surface area contributed by atoms with Crippen LogP contribution in [0.5, 0.6) is 5.75 Å². The summed E-state index contributed by atoms with van der Waals surface area (Å²) in [5, 5.41) is 24.6. The molecule has 0 atom stereocenters. The molecule has 2 N–H and O–H groups in total. The van der Waals surface area contributed by atoms with Crippen LogP contribution >= 0.6 is 0 Å². The van der Waals surface area contributed by atoms with Crippen LogP contribution in [0, 0.1) is 10.1 Å². The summed E-state index contributed by atoms with van der Waals surface area (Å²) in [5.74, 6) is -0.525. The van der Waals surface area contributed by atoms with Crippen molar-refractivity contribution < 1.29 is 19.6 Å². The summed E-state index contributed by atoms with van der Waals surface area (Å²) in [4.78, 5) is 24.9. The van der Waals surface area contributed by atoms with Gasteiger partial charge in [0.1, 0.15) is 11.4 Å². The minimum absolute atomic E-state index is 0.0269. The zero-order chi connectivity index (χ0) is 19.2. The number of benzene rings is 2. The molecule has 0 saturated carbocycles. The number of carbonyl (C=O) groups is 1. The summed E-state index contributed by atoms with van der Waals surface area (Å²) >= 11 is 0. The van der Waals surface area contributed by atoms with Crippen molar-refractivity contribution >= 4 is 23.5 Å². The molecule has 1 amide bonds. The van der Waals surface area contributed by atoms with Gasteiger partial charge in [0.05, 0.1) is 24.4 Å². The molecule has 2 aromatic rings. The molecule has 0 bridgehead atoms. The molecular weight excluding hydrogens is 352 g/mol. The van der Waals surface area contributed by atoms with Crippen molar-refractivity contribution in [3.63, 3.8) is 0 Å². The Balaban J connectivity index is 1.73. The summed E-state index contributed by atoms with van der Waals surface area (Å²) < 4.78 is 5.28. The van der Waals surface area contributed by atoms with E-state index in [4.69, 9.17) is 4.74 Å². The van der Waals surface area contributed by atoms with Crippen molar-refractivity contribution in [2.45, 2.75) is 0 Å². The highest BCUT2D eigenvalue weighted by Crippen LogP contribution is 2.29. The predicted octanol–water partition coefficient (Wildman–Crippen LogP) is 1.90. The normalized spacial score (nSPS) is 14.3. The summed E-state index contributed by atoms with van der Waals surface area (Å²) in [5.41, 5.74) is 3.56. The Morgan fingerprint density at radius 1 is 1.26 bits per heavy atom. The first-order chi connectivity index (χ1) is 13.0. The van der Waals surface area contributed by atoms with Crippen molar-refractivity contribution in [2.75, 3.05) is 31.2 Å². The number of hydrazone groups is 1. The lowest BCUT2D eigenvalue weighted by atomic mass is 10.1. The molecule has 1 saturated heterocycles. The molecule has 0 aromatic heterocycles. The lowest BCUT2D eigenvalue weighted by Crippen LogP contribution is -2.36. The van der Waals surface area contributed by atoms with Crippen LogP contribution in [0.2, 0.25) is 0 Å². The van der Waals surface area contributed by atoms with E-state index < -0.39 is 10.8 Å². The van der Waals surface area contributed by atoms with Crippen LogP contribution in [0.1, 0.15) is 15.9 Å². The van der Waals surface area contributed by atoms with E-state index in [1.807, 2.05) is 4.90 Å². The number of hydrogen-bond acceptors (Lipinski definition) is 7. The monoisotopic (exact) mass is 370 g/mol. The van der Waals surface area contributed by atoms with E-state index in [2.05, 4.69) is 10.5 Å². The first kappa shape index (κ1) is 18.3. The minimum atomic E-state index is -0.499. The molecule has 0 unspecified atom stereocenters. The second-order valence-corrected chi connectivity index (χ2v) is 5.85. The number of phenols is 1. The van der Waals surface area contributed by atoms with E-state index in [1.165, 1.54) is 30.5 Å². The third kappa shape index (κ3) is 4.59. The van der Waals surface area contributed by atoms with Gasteiger partial charge in [0.25, 0.3) is 11.6 Å². The van der Waals surface area contributed by atoms with Crippen LogP contribution < -0.4 is 10.3 Å². The Morgan fingerprint density at radius 3 is 2.74 bits per heavy atom. The maximum absolute atomic E-state index is 12.0. The largest absolute Gasteiger partial charge is 0.508 e. The number of carbonyl (C=O) groups excluding carboxylic acids is 1. The Kier molecular flexibility index (Phi) is 5.62. The molecule has 3 rings (SSSR count). The number of nitro benzene ring substituents is 1. The molecule has 1 fully saturated rings. The highest BCUT2D eigenvalue weighted by atomic mass is 16.6. The van der Waals surface area contributed by atoms with Crippen LogP contribution in [-0.2, 0) is 4.74 Å². The number of nitrogens with zero attached hydrogens (tertiary/aromatic N) is 3. The smallest absolute Gasteiger partial charge is 0.293 e. The molecule has 1 aliphatic rings. The van der Waals surface area contributed by atoms with Gasteiger partial charge in [-0.05, 0) is 24.3 Å². The fraction of sp³-hybridized carbons (Fsp3) is 0.222. The first-order valence-electron chi connectivity index (χ1n) is 8.28. The SMILES string of the molecule is O=C(N/N=C/c1ccc(N2CCOCC2)c([N+](=O)[O-])c1)c1cccc(O)c1. The maximum atomic E-state index is 12.0. The number of rotatable bonds is 5. The first-order valence-corrected chi connectivity index (χ1v) is 8.28. The number of nitro groups is 1. The second kappa shape index (κ2) is 8.28. The van der Waals surface area contributed by atoms with E-state index in [1.54, 1.807) is 18.2 Å². The molecule has 1 heterocycles. The standard InChI is InChI=1S/C18H18N4O5/c23-15-3-1-2-14(11-15)18(24)20-19-12-13-4-5-16(17(10-13)22(25)26)21-6-8-27-9-7-21/h1-5,10-12,23H,6-9H2,(H,20,24)/b19-12+. The molecule has 140 valence electrons. The van der Waals surface area contributed by atoms with Crippen LogP contribution in [0.15, 0.2) is 47.6 Å². The van der Waals surface area contributed by atoms with Gasteiger partial charge in [0, 0.05) is 30.3 Å². The van der Waals surface area contributed by atoms with E-state index >= 15 is 0 Å². The lowest BCUT2D eigenvalue weighted by molar-refractivity contribution is -0.384. The minimum Gasteiger partial charge on any atom is -0.508 e. The van der Waals surface area contributed by atoms with E-state index in [9.17, 15) is 20.0 Å². The summed E-state index contributed by atoms with van der Waals surface area (Å²) in [6.45, 7) is 2.24. The van der Waals surface area contributed by atoms with Crippen molar-refractivity contribution in [1.29, 1.82) is 0 Å². The molecule has 9 nitrogen and oxygen atoms in total. The molecule has 0 spiro atoms. The van der Waals surface area contributed by atoms with E-state index in [-0.39, 0.29) is 17.0 Å². The molecule has 0 aliphatic carbocycles. The molecule has 2 aromatic carbocycles. The van der Waals surface area contributed by atoms with Crippen LogP contribution in [-0.4, -0.2) is 48.5 Å². The summed E-state index contributed by atoms with van der Waals surface area (Å²) in [6.07, 6.45) is 1.33. The number of phenolic OH excluding ortho intramolecular Hbond substituents is 1. The highest BCUT2D eigenvalue weighted by molar-refractivity contribution is 5.95. The molecule has 9 heteroatoms. The fourth-order valence-electron chi connectivity index (χ4n) is 2.72. The Labute approximate surface area is 155 Å². The quantitative estimate of drug-likeness (QED) is 0.472. The predicted molar refractivity (Wildman–Crippen MR) is 99.3 cm³/mol. The van der Waals surface area contributed by atoms with Gasteiger partial charge in [-0.2, -0.15) is 5.10 Å². The molecule has 0 radical (unpaired) electrons. The van der Waals surface area contributed by atoms with Gasteiger partial charge in [-0.3, -0.25) is 14.9 Å². The maximum Gasteiger partial charge on any atom is 0.293 e. The van der Waals surface area contributed by atoms with E-state index in [0.717, 1.165) is 0 Å². The number of morpholine rings is 1. The van der Waals surface area contributed by atoms with Gasteiger partial charge in [-0.1, -0.05) is 12.1 Å². The Bertz CT molecular complexity index is 878. The number of anilines is 1. The van der Waals surface area contributed by atoms with Gasteiger partial charge in [0.15, 0.2) is 0 Å². The summed E-state index contributed by atoms with van der Waals surface area (Å²) in [6, 6.07) is 10.6. The van der Waals surface area contributed by atoms with Crippen LogP contribution in [0.4, 0.5) is 11.4 Å². The number of aromatic hydroxyl groups is 1. The fourth-order valence-corrected chi connectivity index (χ4v) is 2.72. The Morgan fingerprint density at radius 2 is 2.04 bits per heavy atom. The van der Waals surface area contributed by atoms with Crippen molar-refractivity contribution in [1.82, 2.24) is 5.43 Å². The van der Waals surface area contributed by atoms with Crippen molar-refractivity contribution in [2.24, 2.45) is 5.10 Å². The second-order valence-electron chi connectivity index (χ2n) is 5.85. The third-order valence-corrected chi connectivity index (χ3v) is 4.04. The van der Waals surface area contributed by atoms with Gasteiger partial charge in [-0.25, -0.2) is 5.43 Å². The molecule has 1 aliphatic heterocycles. The highest BCUT2D eigenvalue weighted by Gasteiger charge is 2.21. The van der Waals surface area contributed by atoms with Gasteiger partial charge >= 0.3 is 0 Å². The average Bonchev–Trinajstić information content (AvgIpc) is 2.68. The topological polar surface area (TPSA) is 117 Å².